The second-order valence-electron chi connectivity index (χ2n) is 9.58. The van der Waals surface area contributed by atoms with E-state index < -0.39 is 16.1 Å². The van der Waals surface area contributed by atoms with Crippen LogP contribution in [0.3, 0.4) is 0 Å². The zero-order valence-electron chi connectivity index (χ0n) is 23.0. The summed E-state index contributed by atoms with van der Waals surface area (Å²) in [6.07, 6.45) is 3.37. The van der Waals surface area contributed by atoms with Crippen LogP contribution in [0.1, 0.15) is 23.1 Å². The number of hydrogen-bond donors (Lipinski definition) is 3. The monoisotopic (exact) mass is 673 g/mol. The number of nitrogens with zero attached hydrogens (tertiary/aromatic N) is 3. The molecule has 5 rings (SSSR count). The third-order valence-electron chi connectivity index (χ3n) is 6.42. The molecule has 2 heterocycles. The minimum Gasteiger partial charge on any atom is -0.482 e. The van der Waals surface area contributed by atoms with Crippen LogP contribution in [0.4, 0.5) is 5.69 Å². The minimum atomic E-state index is -3.84. The molecule has 0 amide bonds. The van der Waals surface area contributed by atoms with E-state index in [9.17, 15) is 13.5 Å². The fourth-order valence-corrected chi connectivity index (χ4v) is 5.73. The van der Waals surface area contributed by atoms with E-state index in [0.29, 0.717) is 41.5 Å². The highest BCUT2D eigenvalue weighted by molar-refractivity contribution is 7.92. The molecule has 0 bridgehead atoms. The Morgan fingerprint density at radius 3 is 2.43 bits per heavy atom. The summed E-state index contributed by atoms with van der Waals surface area (Å²) < 4.78 is 39.4. The van der Waals surface area contributed by atoms with E-state index in [4.69, 9.17) is 44.1 Å². The van der Waals surface area contributed by atoms with Crippen LogP contribution in [0.15, 0.2) is 94.6 Å². The van der Waals surface area contributed by atoms with Gasteiger partial charge in [-0.05, 0) is 67.1 Å². The first-order chi connectivity index (χ1) is 21.2. The van der Waals surface area contributed by atoms with Crippen molar-refractivity contribution in [2.75, 3.05) is 17.8 Å². The molecule has 0 aliphatic carbocycles. The first-order valence-corrected chi connectivity index (χ1v) is 15.9. The van der Waals surface area contributed by atoms with E-state index in [1.807, 2.05) is 18.2 Å². The lowest BCUT2D eigenvalue weighted by atomic mass is 10.1. The number of pyridine rings is 1. The number of ether oxygens (including phenoxy) is 1. The predicted molar refractivity (Wildman–Crippen MR) is 169 cm³/mol. The van der Waals surface area contributed by atoms with Gasteiger partial charge in [-0.15, -0.1) is 0 Å². The lowest BCUT2D eigenvalue weighted by Crippen LogP contribution is -2.23. The molecule has 3 N–H and O–H groups in total. The number of nitrogens with one attached hydrogen (secondary N) is 2. The van der Waals surface area contributed by atoms with Gasteiger partial charge in [0.25, 0.3) is 15.9 Å². The van der Waals surface area contributed by atoms with Gasteiger partial charge in [-0.1, -0.05) is 58.2 Å². The second-order valence-corrected chi connectivity index (χ2v) is 12.5. The summed E-state index contributed by atoms with van der Waals surface area (Å²) in [5, 5.41) is 18.2. The Kier molecular flexibility index (Phi) is 10.4. The van der Waals surface area contributed by atoms with Gasteiger partial charge in [0.1, 0.15) is 5.75 Å². The normalized spacial score (nSPS) is 12.2. The van der Waals surface area contributed by atoms with Crippen LogP contribution in [0, 0.1) is 0 Å². The highest BCUT2D eigenvalue weighted by Crippen LogP contribution is 2.34. The fraction of sp³-hybridized carbons (Fsp3) is 0.167. The number of benzene rings is 3. The highest BCUT2D eigenvalue weighted by Gasteiger charge is 2.17. The third-order valence-corrected chi connectivity index (χ3v) is 8.84. The van der Waals surface area contributed by atoms with Gasteiger partial charge in [0.15, 0.2) is 6.61 Å². The molecular formula is C30H26Cl3N5O5S. The largest absolute Gasteiger partial charge is 0.482 e. The van der Waals surface area contributed by atoms with Crippen molar-refractivity contribution in [2.24, 2.45) is 0 Å². The van der Waals surface area contributed by atoms with Crippen molar-refractivity contribution in [1.82, 2.24) is 20.4 Å². The van der Waals surface area contributed by atoms with Gasteiger partial charge in [-0.25, -0.2) is 8.42 Å². The van der Waals surface area contributed by atoms with Gasteiger partial charge in [0.05, 0.1) is 26.1 Å². The Morgan fingerprint density at radius 2 is 1.70 bits per heavy atom. The molecule has 3 aromatic carbocycles. The average Bonchev–Trinajstić information content (AvgIpc) is 3.50. The van der Waals surface area contributed by atoms with Gasteiger partial charge in [0.2, 0.25) is 5.82 Å². The first kappa shape index (κ1) is 31.7. The lowest BCUT2D eigenvalue weighted by Gasteiger charge is -2.12. The van der Waals surface area contributed by atoms with E-state index in [-0.39, 0.29) is 33.3 Å². The van der Waals surface area contributed by atoms with Gasteiger partial charge in [0, 0.05) is 41.8 Å². The molecule has 14 heteroatoms. The molecule has 0 radical (unpaired) electrons. The summed E-state index contributed by atoms with van der Waals surface area (Å²) in [7, 11) is -3.84. The van der Waals surface area contributed by atoms with Crippen molar-refractivity contribution >= 4 is 50.5 Å². The van der Waals surface area contributed by atoms with Gasteiger partial charge in [-0.2, -0.15) is 4.98 Å². The van der Waals surface area contributed by atoms with Gasteiger partial charge in [-0.3, -0.25) is 9.71 Å². The molecule has 228 valence electrons. The molecular weight excluding hydrogens is 649 g/mol. The fourth-order valence-electron chi connectivity index (χ4n) is 4.08. The second kappa shape index (κ2) is 14.4. The maximum atomic E-state index is 13.0. The molecule has 5 aromatic rings. The number of aliphatic hydroxyl groups excluding tert-OH is 1. The molecule has 44 heavy (non-hydrogen) atoms. The molecule has 1 unspecified atom stereocenters. The summed E-state index contributed by atoms with van der Waals surface area (Å²) in [5.41, 5.74) is 2.76. The van der Waals surface area contributed by atoms with Crippen LogP contribution in [0.5, 0.6) is 5.75 Å². The van der Waals surface area contributed by atoms with Gasteiger partial charge >= 0.3 is 0 Å². The number of aliphatic hydroxyl groups is 1. The predicted octanol–water partition coefficient (Wildman–Crippen LogP) is 6.34. The van der Waals surface area contributed by atoms with Crippen molar-refractivity contribution in [3.8, 4) is 17.1 Å². The third kappa shape index (κ3) is 8.26. The van der Waals surface area contributed by atoms with E-state index in [1.165, 1.54) is 24.3 Å². The summed E-state index contributed by atoms with van der Waals surface area (Å²) in [5.74, 6) is 0.752. The number of sulfonamides is 1. The Labute approximate surface area is 269 Å². The maximum Gasteiger partial charge on any atom is 0.264 e. The van der Waals surface area contributed by atoms with Crippen LogP contribution < -0.4 is 14.8 Å². The Hall–Kier alpha value is -3.71. The van der Waals surface area contributed by atoms with Crippen LogP contribution in [0.25, 0.3) is 11.4 Å². The summed E-state index contributed by atoms with van der Waals surface area (Å²) in [4.78, 5) is 8.38. The van der Waals surface area contributed by atoms with E-state index in [1.54, 1.807) is 42.7 Å². The molecule has 0 fully saturated rings. The van der Waals surface area contributed by atoms with Crippen molar-refractivity contribution in [3.05, 3.63) is 117 Å². The molecule has 0 saturated carbocycles. The number of rotatable bonds is 13. The minimum absolute atomic E-state index is 0.0638. The Morgan fingerprint density at radius 1 is 0.955 bits per heavy atom. The topological polar surface area (TPSA) is 139 Å². The zero-order valence-corrected chi connectivity index (χ0v) is 26.0. The molecule has 10 nitrogen and oxygen atoms in total. The van der Waals surface area contributed by atoms with Crippen molar-refractivity contribution in [3.63, 3.8) is 0 Å². The highest BCUT2D eigenvalue weighted by atomic mass is 35.5. The summed E-state index contributed by atoms with van der Waals surface area (Å²) in [6, 6.07) is 19.8. The summed E-state index contributed by atoms with van der Waals surface area (Å²) >= 11 is 18.1. The lowest BCUT2D eigenvalue weighted by molar-refractivity contribution is 0.174. The van der Waals surface area contributed by atoms with Crippen molar-refractivity contribution in [1.29, 1.82) is 0 Å². The van der Waals surface area contributed by atoms with Crippen molar-refractivity contribution < 1.29 is 22.8 Å². The number of halogens is 3. The quantitative estimate of drug-likeness (QED) is 0.0965. The smallest absolute Gasteiger partial charge is 0.264 e. The molecule has 0 aliphatic heterocycles. The Bertz CT molecular complexity index is 1810. The molecule has 2 aromatic heterocycles. The number of aromatic nitrogens is 3. The molecule has 0 aliphatic rings. The molecule has 0 saturated heterocycles. The van der Waals surface area contributed by atoms with Crippen LogP contribution in [0.2, 0.25) is 15.1 Å². The molecule has 0 spiro atoms. The van der Waals surface area contributed by atoms with Gasteiger partial charge < -0.3 is 19.7 Å². The number of hydrogen-bond acceptors (Lipinski definition) is 9. The average molecular weight is 675 g/mol. The first-order valence-electron chi connectivity index (χ1n) is 13.3. The standard InChI is InChI=1S/C30H26Cl3N5O5S/c31-24-14-26(33)28(15-25(24)32)42-18-29-36-30(37-43-29)20-5-9-23(10-6-20)44(40,41)38-22-7-3-19(4-8-22)11-13-35-17-27(39)21-2-1-12-34-16-21/h1-10,12,14-16,27,35,38-39H,11,13,17-18H2. The van der Waals surface area contributed by atoms with E-state index in [2.05, 4.69) is 25.2 Å². The van der Waals surface area contributed by atoms with Crippen LogP contribution in [-0.4, -0.2) is 41.7 Å². The molecule has 1 atom stereocenters. The number of anilines is 1. The van der Waals surface area contributed by atoms with E-state index in [0.717, 1.165) is 11.1 Å². The zero-order chi connectivity index (χ0) is 31.1. The summed E-state index contributed by atoms with van der Waals surface area (Å²) in [6.45, 7) is 0.987. The van der Waals surface area contributed by atoms with Crippen molar-refractivity contribution in [2.45, 2.75) is 24.0 Å². The Balaban J connectivity index is 1.12. The van der Waals surface area contributed by atoms with E-state index >= 15 is 0 Å². The SMILES string of the molecule is O=S(=O)(Nc1ccc(CCNCC(O)c2cccnc2)cc1)c1ccc(-c2noc(COc3cc(Cl)c(Cl)cc3Cl)n2)cc1. The maximum absolute atomic E-state index is 13.0. The van der Waals surface area contributed by atoms with Crippen LogP contribution >= 0.6 is 34.8 Å². The van der Waals surface area contributed by atoms with Crippen LogP contribution in [-0.2, 0) is 23.1 Å².